The van der Waals surface area contributed by atoms with Crippen molar-refractivity contribution < 1.29 is 4.42 Å². The van der Waals surface area contributed by atoms with Crippen molar-refractivity contribution >= 4 is 110 Å². The lowest BCUT2D eigenvalue weighted by atomic mass is 9.34. The van der Waals surface area contributed by atoms with Gasteiger partial charge in [0.2, 0.25) is 0 Å². The van der Waals surface area contributed by atoms with Crippen LogP contribution in [0.5, 0.6) is 0 Å². The number of aromatic nitrogens is 2. The van der Waals surface area contributed by atoms with Gasteiger partial charge in [-0.1, -0.05) is 180 Å². The topological polar surface area (TPSA) is 23.0 Å². The minimum absolute atomic E-state index is 0.0231. The molecule has 3 nitrogen and oxygen atoms in total. The second-order valence-electron chi connectivity index (χ2n) is 25.0. The Kier molecular flexibility index (Phi) is 8.04. The Morgan fingerprint density at radius 2 is 0.843 bits per heavy atom. The van der Waals surface area contributed by atoms with Gasteiger partial charge in [-0.25, -0.2) is 0 Å². The Morgan fingerprint density at radius 3 is 1.33 bits per heavy atom. The average Bonchev–Trinajstić information content (AvgIpc) is 3.98. The van der Waals surface area contributed by atoms with Crippen molar-refractivity contribution in [3.8, 4) is 22.5 Å². The number of benzene rings is 9. The zero-order chi connectivity index (χ0) is 48.3. The summed E-state index contributed by atoms with van der Waals surface area (Å²) in [4.78, 5) is 0. The largest absolute Gasteiger partial charge is 0.456 e. The molecule has 2 aliphatic heterocycles. The van der Waals surface area contributed by atoms with Gasteiger partial charge in [0.15, 0.2) is 0 Å². The van der Waals surface area contributed by atoms with Gasteiger partial charge >= 0.3 is 0 Å². The van der Waals surface area contributed by atoms with Gasteiger partial charge in [-0.3, -0.25) is 0 Å². The molecule has 342 valence electrons. The van der Waals surface area contributed by atoms with Crippen LogP contribution in [0, 0.1) is 0 Å². The summed E-state index contributed by atoms with van der Waals surface area (Å²) >= 11 is 0. The van der Waals surface area contributed by atoms with Crippen molar-refractivity contribution in [2.45, 2.75) is 105 Å². The third-order valence-electron chi connectivity index (χ3n) is 16.4. The van der Waals surface area contributed by atoms with Crippen LogP contribution in [0.25, 0.3) is 110 Å². The van der Waals surface area contributed by atoms with Crippen LogP contribution in [-0.2, 0) is 21.7 Å². The minimum atomic E-state index is -0.119. The molecule has 2 aliphatic rings. The van der Waals surface area contributed by atoms with Crippen molar-refractivity contribution in [3.63, 3.8) is 0 Å². The molecule has 5 heterocycles. The van der Waals surface area contributed by atoms with Crippen molar-refractivity contribution in [3.05, 3.63) is 162 Å². The molecule has 14 rings (SSSR count). The molecule has 0 saturated carbocycles. The van der Waals surface area contributed by atoms with Crippen LogP contribution >= 0.6 is 0 Å². The molecule has 0 bridgehead atoms. The van der Waals surface area contributed by atoms with Crippen LogP contribution in [0.4, 0.5) is 0 Å². The summed E-state index contributed by atoms with van der Waals surface area (Å²) in [5.41, 5.74) is 21.2. The summed E-state index contributed by atoms with van der Waals surface area (Å²) in [6.07, 6.45) is 0. The lowest BCUT2D eigenvalue weighted by Gasteiger charge is -2.35. The highest BCUT2D eigenvalue weighted by atomic mass is 16.3. The first kappa shape index (κ1) is 41.9. The Bertz CT molecular complexity index is 4110. The van der Waals surface area contributed by atoms with Gasteiger partial charge in [-0.05, 0) is 135 Å². The smallest absolute Gasteiger partial charge is 0.252 e. The average molecular weight is 907 g/mol. The van der Waals surface area contributed by atoms with Crippen LogP contribution in [0.1, 0.15) is 105 Å². The first-order valence-corrected chi connectivity index (χ1v) is 25.5. The number of para-hydroxylation sites is 1. The molecule has 0 fully saturated rings. The third kappa shape index (κ3) is 5.54. The lowest BCUT2D eigenvalue weighted by molar-refractivity contribution is 0.572. The Hall–Kier alpha value is -7.04. The number of furan rings is 1. The van der Waals surface area contributed by atoms with Crippen LogP contribution in [-0.4, -0.2) is 15.8 Å². The third-order valence-corrected chi connectivity index (χ3v) is 16.4. The minimum Gasteiger partial charge on any atom is -0.456 e. The van der Waals surface area contributed by atoms with Crippen molar-refractivity contribution in [1.29, 1.82) is 0 Å². The van der Waals surface area contributed by atoms with Gasteiger partial charge in [-0.2, -0.15) is 0 Å². The maximum Gasteiger partial charge on any atom is 0.252 e. The van der Waals surface area contributed by atoms with Gasteiger partial charge in [0, 0.05) is 43.7 Å². The maximum atomic E-state index is 6.64. The van der Waals surface area contributed by atoms with Crippen LogP contribution in [0.3, 0.4) is 0 Å². The summed E-state index contributed by atoms with van der Waals surface area (Å²) < 4.78 is 12.1. The molecule has 3 aromatic heterocycles. The number of hydrogen-bond donors (Lipinski definition) is 0. The molecular formula is C66H59BN2O. The fraction of sp³-hybridized carbons (Fsp3) is 0.242. The first-order valence-electron chi connectivity index (χ1n) is 25.5. The molecule has 0 amide bonds. The number of fused-ring (bicyclic) bond motifs is 17. The molecule has 4 heteroatoms. The van der Waals surface area contributed by atoms with Gasteiger partial charge in [-0.15, -0.1) is 0 Å². The van der Waals surface area contributed by atoms with Crippen molar-refractivity contribution in [1.82, 2.24) is 9.13 Å². The summed E-state index contributed by atoms with van der Waals surface area (Å²) in [5.74, 6) is 0. The predicted octanol–water partition coefficient (Wildman–Crippen LogP) is 16.1. The van der Waals surface area contributed by atoms with Crippen molar-refractivity contribution in [2.75, 3.05) is 0 Å². The van der Waals surface area contributed by atoms with Crippen molar-refractivity contribution in [2.24, 2.45) is 0 Å². The van der Waals surface area contributed by atoms with E-state index in [1.165, 1.54) is 121 Å². The SMILES string of the molecule is CC(C)(C)c1cc(C(C)(C)C)c2c3c4ccccc4cc4c3n(c2c1)-c1cc(-c2ccc3c(c2)oc2ccccc23)cc2c1B4c1cc3ccccc3c3c4c(C(C)(C)C)cc(C(C)(C)C)cc4n-2c13. The fourth-order valence-corrected chi connectivity index (χ4v) is 12.9. The van der Waals surface area contributed by atoms with Gasteiger partial charge in [0.25, 0.3) is 6.71 Å². The molecule has 70 heavy (non-hydrogen) atoms. The van der Waals surface area contributed by atoms with E-state index in [1.807, 2.05) is 0 Å². The molecule has 0 N–H and O–H groups in total. The monoisotopic (exact) mass is 906 g/mol. The second-order valence-corrected chi connectivity index (χ2v) is 25.0. The summed E-state index contributed by atoms with van der Waals surface area (Å²) in [5, 5.41) is 13.0. The van der Waals surface area contributed by atoms with E-state index in [9.17, 15) is 0 Å². The van der Waals surface area contributed by atoms with E-state index >= 15 is 0 Å². The highest BCUT2D eigenvalue weighted by molar-refractivity contribution is 7.00. The standard InChI is InChI=1S/C66H59BN2O/c1-63(2,3)40-32-46(65(7,8)9)58-50(34-40)68-52-29-39(36-25-26-45-44-23-17-18-24-54(44)70-55(45)31-36)30-53-60(52)67(48-27-37-19-13-15-21-42(37)56(58)61(48)68)49-28-38-20-14-16-22-43(38)57-59-47(66(10,11)12)33-41(64(4,5)6)35-51(59)69(53)62(49)57/h13-35H,1-12H3. The Labute approximate surface area is 410 Å². The molecule has 0 spiro atoms. The van der Waals surface area contributed by atoms with E-state index in [4.69, 9.17) is 4.42 Å². The second kappa shape index (κ2) is 13.4. The quantitative estimate of drug-likeness (QED) is 0.151. The Balaban J connectivity index is 1.25. The molecule has 9 aromatic carbocycles. The zero-order valence-electron chi connectivity index (χ0n) is 42.7. The summed E-state index contributed by atoms with van der Waals surface area (Å²) in [6, 6.07) is 54.0. The van der Waals surface area contributed by atoms with Gasteiger partial charge in [0.1, 0.15) is 11.2 Å². The summed E-state index contributed by atoms with van der Waals surface area (Å²) in [7, 11) is 0. The maximum absolute atomic E-state index is 6.64. The molecule has 0 aliphatic carbocycles. The van der Waals surface area contributed by atoms with Crippen LogP contribution < -0.4 is 16.4 Å². The number of hydrogen-bond acceptors (Lipinski definition) is 1. The highest BCUT2D eigenvalue weighted by Crippen LogP contribution is 2.49. The van der Waals surface area contributed by atoms with E-state index in [2.05, 4.69) is 232 Å². The normalized spacial score (nSPS) is 14.0. The van der Waals surface area contributed by atoms with E-state index in [0.29, 0.717) is 0 Å². The molecular weight excluding hydrogens is 848 g/mol. The van der Waals surface area contributed by atoms with E-state index in [0.717, 1.165) is 27.5 Å². The highest BCUT2D eigenvalue weighted by Gasteiger charge is 2.43. The fourth-order valence-electron chi connectivity index (χ4n) is 12.9. The molecule has 0 atom stereocenters. The molecule has 0 unspecified atom stereocenters. The van der Waals surface area contributed by atoms with Crippen LogP contribution in [0.15, 0.2) is 144 Å². The molecule has 0 saturated heterocycles. The molecule has 12 aromatic rings. The lowest BCUT2D eigenvalue weighted by Crippen LogP contribution is -2.59. The predicted molar refractivity (Wildman–Crippen MR) is 302 cm³/mol. The van der Waals surface area contributed by atoms with E-state index in [-0.39, 0.29) is 28.4 Å². The van der Waals surface area contributed by atoms with Gasteiger partial charge < -0.3 is 13.6 Å². The number of rotatable bonds is 1. The molecule has 0 radical (unpaired) electrons. The van der Waals surface area contributed by atoms with Gasteiger partial charge in [0.05, 0.1) is 22.1 Å². The van der Waals surface area contributed by atoms with Crippen LogP contribution in [0.2, 0.25) is 0 Å². The number of nitrogens with zero attached hydrogens (tertiary/aromatic N) is 2. The first-order chi connectivity index (χ1) is 33.3. The Morgan fingerprint density at radius 1 is 0.386 bits per heavy atom. The summed E-state index contributed by atoms with van der Waals surface area (Å²) in [6.45, 7) is 28.6. The van der Waals surface area contributed by atoms with E-state index < -0.39 is 0 Å². The van der Waals surface area contributed by atoms with E-state index in [1.54, 1.807) is 0 Å². The zero-order valence-corrected chi connectivity index (χ0v) is 42.7.